The van der Waals surface area contributed by atoms with Gasteiger partial charge in [0.2, 0.25) is 17.5 Å². The Morgan fingerprint density at radius 1 is 1.06 bits per heavy atom. The molecule has 0 fully saturated rings. The van der Waals surface area contributed by atoms with Gasteiger partial charge in [0.05, 0.1) is 27.5 Å². The van der Waals surface area contributed by atoms with Gasteiger partial charge in [0, 0.05) is 0 Å². The number of ether oxygens (including phenoxy) is 3. The number of carbonyl (C=O) groups excluding carboxylic acids is 1. The van der Waals surface area contributed by atoms with E-state index in [4.69, 9.17) is 19.9 Å². The van der Waals surface area contributed by atoms with Gasteiger partial charge in [0.25, 0.3) is 5.56 Å². The van der Waals surface area contributed by atoms with Crippen molar-refractivity contribution in [3.8, 4) is 17.2 Å². The van der Waals surface area contributed by atoms with Crippen molar-refractivity contribution in [3.63, 3.8) is 0 Å². The molecule has 2 aromatic carbocycles. The maximum atomic E-state index is 14.2. The summed E-state index contributed by atoms with van der Waals surface area (Å²) in [4.78, 5) is 39.1. The molecule has 3 rings (SSSR count). The SMILES string of the molecule is COc1cc(CCC(C(N)=O)(c2ccccc2)n2cc(F)c(=O)[nH]c2=O)cc(OC)c1OC. The second-order valence-corrected chi connectivity index (χ2v) is 7.23. The van der Waals surface area contributed by atoms with Crippen LogP contribution >= 0.6 is 0 Å². The molecule has 174 valence electrons. The van der Waals surface area contributed by atoms with Crippen LogP contribution in [0.3, 0.4) is 0 Å². The van der Waals surface area contributed by atoms with Crippen LogP contribution in [0, 0.1) is 5.82 Å². The number of nitrogens with zero attached hydrogens (tertiary/aromatic N) is 1. The molecule has 0 saturated heterocycles. The van der Waals surface area contributed by atoms with E-state index in [1.807, 2.05) is 4.98 Å². The molecular formula is C23H24FN3O6. The molecule has 0 aliphatic carbocycles. The number of carbonyl (C=O) groups is 1. The highest BCUT2D eigenvalue weighted by Gasteiger charge is 2.41. The lowest BCUT2D eigenvalue weighted by Gasteiger charge is -2.33. The molecular weight excluding hydrogens is 433 g/mol. The van der Waals surface area contributed by atoms with Gasteiger partial charge in [-0.1, -0.05) is 30.3 Å². The number of benzene rings is 2. The number of aromatic amines is 1. The molecule has 1 aromatic heterocycles. The Balaban J connectivity index is 2.19. The first kappa shape index (κ1) is 23.6. The predicted molar refractivity (Wildman–Crippen MR) is 118 cm³/mol. The molecule has 33 heavy (non-hydrogen) atoms. The fraction of sp³-hybridized carbons (Fsp3) is 0.261. The van der Waals surface area contributed by atoms with Crippen LogP contribution in [-0.4, -0.2) is 36.8 Å². The molecule has 3 N–H and O–H groups in total. The molecule has 0 spiro atoms. The number of aromatic nitrogens is 2. The summed E-state index contributed by atoms with van der Waals surface area (Å²) in [7, 11) is 4.42. The number of H-pyrrole nitrogens is 1. The highest BCUT2D eigenvalue weighted by Crippen LogP contribution is 2.39. The standard InChI is InChI=1S/C23H24FN3O6/c1-31-17-11-14(12-18(32-2)19(17)33-3)9-10-23(21(25)29,15-7-5-4-6-8-15)27-13-16(24)20(28)26-22(27)30/h4-8,11-13H,9-10H2,1-3H3,(H2,25,29)(H,26,28,30). The summed E-state index contributed by atoms with van der Waals surface area (Å²) < 4.78 is 31.1. The Morgan fingerprint density at radius 3 is 2.18 bits per heavy atom. The highest BCUT2D eigenvalue weighted by atomic mass is 19.1. The normalized spacial score (nSPS) is 12.6. The van der Waals surface area contributed by atoms with E-state index in [9.17, 15) is 18.8 Å². The summed E-state index contributed by atoms with van der Waals surface area (Å²) >= 11 is 0. The smallest absolute Gasteiger partial charge is 0.329 e. The second kappa shape index (κ2) is 9.60. The van der Waals surface area contributed by atoms with E-state index in [0.29, 0.717) is 34.6 Å². The van der Waals surface area contributed by atoms with E-state index in [2.05, 4.69) is 0 Å². The van der Waals surface area contributed by atoms with Gasteiger partial charge in [0.1, 0.15) is 0 Å². The first-order valence-corrected chi connectivity index (χ1v) is 9.94. The van der Waals surface area contributed by atoms with Gasteiger partial charge in [-0.2, -0.15) is 4.39 Å². The number of nitrogens with two attached hydrogens (primary N) is 1. The third-order valence-corrected chi connectivity index (χ3v) is 5.47. The highest BCUT2D eigenvalue weighted by molar-refractivity contribution is 5.86. The molecule has 0 bridgehead atoms. The van der Waals surface area contributed by atoms with Gasteiger partial charge in [0.15, 0.2) is 17.0 Å². The molecule has 1 amide bonds. The summed E-state index contributed by atoms with van der Waals surface area (Å²) in [6, 6.07) is 11.7. The molecule has 0 aliphatic rings. The second-order valence-electron chi connectivity index (χ2n) is 7.23. The number of methoxy groups -OCH3 is 3. The molecule has 0 radical (unpaired) electrons. The summed E-state index contributed by atoms with van der Waals surface area (Å²) in [6.45, 7) is 0. The summed E-state index contributed by atoms with van der Waals surface area (Å²) in [5.74, 6) is -0.905. The largest absolute Gasteiger partial charge is 0.493 e. The monoisotopic (exact) mass is 457 g/mol. The first-order valence-electron chi connectivity index (χ1n) is 9.94. The number of hydrogen-bond acceptors (Lipinski definition) is 6. The lowest BCUT2D eigenvalue weighted by Crippen LogP contribution is -2.53. The minimum Gasteiger partial charge on any atom is -0.493 e. The van der Waals surface area contributed by atoms with E-state index in [-0.39, 0.29) is 12.8 Å². The molecule has 1 unspecified atom stereocenters. The van der Waals surface area contributed by atoms with E-state index in [1.165, 1.54) is 21.3 Å². The molecule has 1 heterocycles. The van der Waals surface area contributed by atoms with Crippen LogP contribution in [0.15, 0.2) is 58.3 Å². The van der Waals surface area contributed by atoms with Crippen molar-refractivity contribution in [2.75, 3.05) is 21.3 Å². The summed E-state index contributed by atoms with van der Waals surface area (Å²) in [6.07, 6.45) is 0.881. The lowest BCUT2D eigenvalue weighted by atomic mass is 9.83. The molecule has 0 aliphatic heterocycles. The van der Waals surface area contributed by atoms with Crippen LogP contribution in [0.1, 0.15) is 17.5 Å². The third-order valence-electron chi connectivity index (χ3n) is 5.47. The van der Waals surface area contributed by atoms with Crippen molar-refractivity contribution in [2.45, 2.75) is 18.4 Å². The fourth-order valence-corrected chi connectivity index (χ4v) is 3.84. The maximum Gasteiger partial charge on any atom is 0.329 e. The molecule has 1 atom stereocenters. The molecule has 0 saturated carbocycles. The van der Waals surface area contributed by atoms with Gasteiger partial charge in [-0.25, -0.2) is 4.79 Å². The number of aryl methyl sites for hydroxylation is 1. The van der Waals surface area contributed by atoms with E-state index in [1.54, 1.807) is 42.5 Å². The Bertz CT molecular complexity index is 1250. The fourth-order valence-electron chi connectivity index (χ4n) is 3.84. The Labute approximate surface area is 188 Å². The first-order chi connectivity index (χ1) is 15.8. The zero-order chi connectivity index (χ0) is 24.2. The zero-order valence-electron chi connectivity index (χ0n) is 18.4. The van der Waals surface area contributed by atoms with Crippen molar-refractivity contribution in [1.82, 2.24) is 9.55 Å². The van der Waals surface area contributed by atoms with Crippen LogP contribution in [0.4, 0.5) is 4.39 Å². The van der Waals surface area contributed by atoms with Crippen molar-refractivity contribution in [2.24, 2.45) is 5.73 Å². The van der Waals surface area contributed by atoms with E-state index in [0.717, 1.165) is 4.57 Å². The average Bonchev–Trinajstić information content (AvgIpc) is 2.82. The Morgan fingerprint density at radius 2 is 1.67 bits per heavy atom. The minimum atomic E-state index is -1.79. The van der Waals surface area contributed by atoms with Crippen molar-refractivity contribution in [1.29, 1.82) is 0 Å². The quantitative estimate of drug-likeness (QED) is 0.502. The van der Waals surface area contributed by atoms with Crippen LogP contribution in [-0.2, 0) is 16.8 Å². The van der Waals surface area contributed by atoms with Crippen molar-refractivity contribution >= 4 is 5.91 Å². The van der Waals surface area contributed by atoms with Crippen LogP contribution in [0.25, 0.3) is 0 Å². The van der Waals surface area contributed by atoms with Crippen molar-refractivity contribution < 1.29 is 23.4 Å². The average molecular weight is 457 g/mol. The lowest BCUT2D eigenvalue weighted by molar-refractivity contribution is -0.125. The maximum absolute atomic E-state index is 14.2. The third kappa shape index (κ3) is 4.32. The number of rotatable bonds is 9. The van der Waals surface area contributed by atoms with Gasteiger partial charge in [-0.3, -0.25) is 19.1 Å². The summed E-state index contributed by atoms with van der Waals surface area (Å²) in [5.41, 5.74) is 2.94. The Kier molecular flexibility index (Phi) is 6.86. The van der Waals surface area contributed by atoms with Gasteiger partial charge >= 0.3 is 5.69 Å². The van der Waals surface area contributed by atoms with Gasteiger partial charge < -0.3 is 19.9 Å². The Hall–Kier alpha value is -4.08. The minimum absolute atomic E-state index is 0.0314. The van der Waals surface area contributed by atoms with Crippen LogP contribution in [0.2, 0.25) is 0 Å². The molecule has 9 nitrogen and oxygen atoms in total. The topological polar surface area (TPSA) is 126 Å². The van der Waals surface area contributed by atoms with Crippen molar-refractivity contribution in [3.05, 3.63) is 86.4 Å². The van der Waals surface area contributed by atoms with Gasteiger partial charge in [-0.05, 0) is 36.1 Å². The van der Waals surface area contributed by atoms with Crippen LogP contribution < -0.4 is 31.2 Å². The number of amides is 1. The number of halogens is 1. The van der Waals surface area contributed by atoms with E-state index >= 15 is 0 Å². The van der Waals surface area contributed by atoms with Gasteiger partial charge in [-0.15, -0.1) is 0 Å². The number of hydrogen-bond donors (Lipinski definition) is 2. The predicted octanol–water partition coefficient (Wildman–Crippen LogP) is 1.56. The summed E-state index contributed by atoms with van der Waals surface area (Å²) in [5, 5.41) is 0. The number of primary amides is 1. The molecule has 3 aromatic rings. The zero-order valence-corrected chi connectivity index (χ0v) is 18.4. The van der Waals surface area contributed by atoms with E-state index < -0.39 is 28.5 Å². The molecule has 10 heteroatoms. The number of nitrogens with one attached hydrogen (secondary N) is 1. The van der Waals surface area contributed by atoms with Crippen LogP contribution in [0.5, 0.6) is 17.2 Å².